The molecular formula is C18H15BrN4O. The maximum atomic E-state index is 9.34. The number of nitrogens with two attached hydrogens (primary N) is 1. The first-order valence-corrected chi connectivity index (χ1v) is 8.14. The van der Waals surface area contributed by atoms with Gasteiger partial charge in [-0.05, 0) is 23.3 Å². The summed E-state index contributed by atoms with van der Waals surface area (Å²) in [6.07, 6.45) is 0. The first-order chi connectivity index (χ1) is 11.7. The molecule has 0 aliphatic rings. The van der Waals surface area contributed by atoms with Crippen LogP contribution in [0.15, 0.2) is 59.1 Å². The quantitative estimate of drug-likeness (QED) is 0.729. The lowest BCUT2D eigenvalue weighted by molar-refractivity contribution is 0.289. The summed E-state index contributed by atoms with van der Waals surface area (Å²) in [6, 6.07) is 19.6. The Bertz CT molecular complexity index is 867. The molecule has 0 amide bonds. The number of ether oxygens (including phenoxy) is 1. The Hall–Kier alpha value is -2.78. The van der Waals surface area contributed by atoms with Gasteiger partial charge in [-0.1, -0.05) is 58.4 Å². The van der Waals surface area contributed by atoms with Gasteiger partial charge in [0.25, 0.3) is 5.88 Å². The minimum Gasteiger partial charge on any atom is -0.471 e. The van der Waals surface area contributed by atoms with Crippen LogP contribution in [-0.4, -0.2) is 9.78 Å². The van der Waals surface area contributed by atoms with Crippen molar-refractivity contribution in [2.45, 2.75) is 13.2 Å². The first-order valence-electron chi connectivity index (χ1n) is 7.35. The van der Waals surface area contributed by atoms with E-state index in [4.69, 9.17) is 10.5 Å². The fourth-order valence-electron chi connectivity index (χ4n) is 2.27. The molecule has 2 aromatic carbocycles. The summed E-state index contributed by atoms with van der Waals surface area (Å²) in [5.41, 5.74) is 8.35. The minimum atomic E-state index is 0.260. The number of hydrogen-bond donors (Lipinski definition) is 1. The van der Waals surface area contributed by atoms with Crippen LogP contribution in [0.1, 0.15) is 16.7 Å². The third kappa shape index (κ3) is 3.58. The van der Waals surface area contributed by atoms with Gasteiger partial charge in [-0.2, -0.15) is 5.26 Å². The lowest BCUT2D eigenvalue weighted by Gasteiger charge is -2.04. The molecular weight excluding hydrogens is 368 g/mol. The van der Waals surface area contributed by atoms with Crippen LogP contribution in [0.5, 0.6) is 5.88 Å². The highest BCUT2D eigenvalue weighted by Gasteiger charge is 2.17. The van der Waals surface area contributed by atoms with Crippen molar-refractivity contribution >= 4 is 21.7 Å². The second-order valence-corrected chi connectivity index (χ2v) is 6.15. The molecule has 0 aliphatic heterocycles. The van der Waals surface area contributed by atoms with Crippen molar-refractivity contribution in [1.29, 1.82) is 5.26 Å². The third-order valence-corrected chi connectivity index (χ3v) is 4.06. The van der Waals surface area contributed by atoms with E-state index < -0.39 is 0 Å². The Morgan fingerprint density at radius 3 is 2.46 bits per heavy atom. The van der Waals surface area contributed by atoms with E-state index in [0.29, 0.717) is 19.0 Å². The zero-order chi connectivity index (χ0) is 16.9. The van der Waals surface area contributed by atoms with E-state index in [-0.39, 0.29) is 11.4 Å². The van der Waals surface area contributed by atoms with Crippen LogP contribution < -0.4 is 10.5 Å². The molecule has 1 aromatic heterocycles. The second kappa shape index (κ2) is 7.20. The molecule has 0 spiro atoms. The number of benzene rings is 2. The fraction of sp³-hybridized carbons (Fsp3) is 0.111. The van der Waals surface area contributed by atoms with Gasteiger partial charge in [0.15, 0.2) is 5.56 Å². The van der Waals surface area contributed by atoms with Gasteiger partial charge in [0.05, 0.1) is 6.54 Å². The maximum Gasteiger partial charge on any atom is 0.253 e. The largest absolute Gasteiger partial charge is 0.471 e. The van der Waals surface area contributed by atoms with E-state index in [9.17, 15) is 5.26 Å². The van der Waals surface area contributed by atoms with Gasteiger partial charge in [0, 0.05) is 4.47 Å². The molecule has 3 rings (SSSR count). The van der Waals surface area contributed by atoms with Gasteiger partial charge >= 0.3 is 0 Å². The molecule has 0 unspecified atom stereocenters. The number of nitrogen functional groups attached to an aromatic ring is 1. The van der Waals surface area contributed by atoms with E-state index >= 15 is 0 Å². The molecule has 24 heavy (non-hydrogen) atoms. The number of nitriles is 1. The van der Waals surface area contributed by atoms with Crippen LogP contribution in [0.3, 0.4) is 0 Å². The van der Waals surface area contributed by atoms with Crippen LogP contribution in [0.2, 0.25) is 0 Å². The topological polar surface area (TPSA) is 76.9 Å². The highest BCUT2D eigenvalue weighted by Crippen LogP contribution is 2.24. The van der Waals surface area contributed by atoms with E-state index in [1.807, 2.05) is 54.6 Å². The molecule has 120 valence electrons. The van der Waals surface area contributed by atoms with Crippen molar-refractivity contribution in [3.8, 4) is 11.9 Å². The number of nitrogens with zero attached hydrogens (tertiary/aromatic N) is 3. The van der Waals surface area contributed by atoms with Crippen molar-refractivity contribution in [3.05, 3.63) is 75.8 Å². The summed E-state index contributed by atoms with van der Waals surface area (Å²) in [7, 11) is 0. The van der Waals surface area contributed by atoms with Crippen LogP contribution in [0.4, 0.5) is 5.82 Å². The summed E-state index contributed by atoms with van der Waals surface area (Å²) < 4.78 is 8.28. The Balaban J connectivity index is 1.80. The molecule has 0 radical (unpaired) electrons. The minimum absolute atomic E-state index is 0.260. The standard InChI is InChI=1S/C18H15BrN4O/c19-15-8-6-13(7-9-15)11-23-17(21)16(10-20)18(22-23)24-12-14-4-2-1-3-5-14/h1-9H,11-12,21H2. The molecule has 3 aromatic rings. The number of rotatable bonds is 5. The van der Waals surface area contributed by atoms with E-state index in [0.717, 1.165) is 15.6 Å². The predicted octanol–water partition coefficient (Wildman–Crippen LogP) is 3.73. The van der Waals surface area contributed by atoms with Gasteiger partial charge in [0.1, 0.15) is 18.5 Å². The monoisotopic (exact) mass is 382 g/mol. The van der Waals surface area contributed by atoms with Gasteiger partial charge < -0.3 is 10.5 Å². The van der Waals surface area contributed by atoms with Gasteiger partial charge in [-0.25, -0.2) is 4.68 Å². The molecule has 0 bridgehead atoms. The molecule has 5 nitrogen and oxygen atoms in total. The third-order valence-electron chi connectivity index (χ3n) is 3.54. The summed E-state index contributed by atoms with van der Waals surface area (Å²) in [5.74, 6) is 0.569. The summed E-state index contributed by atoms with van der Waals surface area (Å²) in [6.45, 7) is 0.812. The maximum absolute atomic E-state index is 9.34. The lowest BCUT2D eigenvalue weighted by atomic mass is 10.2. The summed E-state index contributed by atoms with van der Waals surface area (Å²) >= 11 is 3.40. The molecule has 0 aliphatic carbocycles. The molecule has 0 fully saturated rings. The average Bonchev–Trinajstić information content (AvgIpc) is 2.91. The Kier molecular flexibility index (Phi) is 4.82. The number of aromatic nitrogens is 2. The van der Waals surface area contributed by atoms with Crippen molar-refractivity contribution < 1.29 is 4.74 Å². The SMILES string of the molecule is N#Cc1c(OCc2ccccc2)nn(Cc2ccc(Br)cc2)c1N. The number of anilines is 1. The van der Waals surface area contributed by atoms with Crippen LogP contribution in [0.25, 0.3) is 0 Å². The Morgan fingerprint density at radius 1 is 1.08 bits per heavy atom. The van der Waals surface area contributed by atoms with Gasteiger partial charge in [-0.3, -0.25) is 0 Å². The Labute approximate surface area is 148 Å². The normalized spacial score (nSPS) is 10.3. The molecule has 1 heterocycles. The zero-order valence-corrected chi connectivity index (χ0v) is 14.4. The zero-order valence-electron chi connectivity index (χ0n) is 12.8. The molecule has 0 atom stereocenters. The second-order valence-electron chi connectivity index (χ2n) is 5.24. The lowest BCUT2D eigenvalue weighted by Crippen LogP contribution is -2.06. The molecule has 6 heteroatoms. The van der Waals surface area contributed by atoms with Crippen molar-refractivity contribution in [2.24, 2.45) is 0 Å². The van der Waals surface area contributed by atoms with E-state index in [1.165, 1.54) is 0 Å². The Morgan fingerprint density at radius 2 is 1.79 bits per heavy atom. The van der Waals surface area contributed by atoms with E-state index in [1.54, 1.807) is 4.68 Å². The highest BCUT2D eigenvalue weighted by molar-refractivity contribution is 9.10. The molecule has 0 saturated heterocycles. The van der Waals surface area contributed by atoms with Crippen molar-refractivity contribution in [1.82, 2.24) is 9.78 Å². The highest BCUT2D eigenvalue weighted by atomic mass is 79.9. The summed E-state index contributed by atoms with van der Waals surface area (Å²) in [5, 5.41) is 13.7. The van der Waals surface area contributed by atoms with Crippen LogP contribution >= 0.6 is 15.9 Å². The van der Waals surface area contributed by atoms with Crippen LogP contribution in [0, 0.1) is 11.3 Å². The predicted molar refractivity (Wildman–Crippen MR) is 95.4 cm³/mol. The summed E-state index contributed by atoms with van der Waals surface area (Å²) in [4.78, 5) is 0. The first kappa shape index (κ1) is 16.1. The smallest absolute Gasteiger partial charge is 0.253 e. The molecule has 2 N–H and O–H groups in total. The van der Waals surface area contributed by atoms with Crippen LogP contribution in [-0.2, 0) is 13.2 Å². The number of hydrogen-bond acceptors (Lipinski definition) is 4. The average molecular weight is 383 g/mol. The van der Waals surface area contributed by atoms with E-state index in [2.05, 4.69) is 27.1 Å². The molecule has 0 saturated carbocycles. The number of halogens is 1. The fourth-order valence-corrected chi connectivity index (χ4v) is 2.53. The van der Waals surface area contributed by atoms with Gasteiger partial charge in [0.2, 0.25) is 0 Å². The van der Waals surface area contributed by atoms with Gasteiger partial charge in [-0.15, -0.1) is 5.10 Å². The van der Waals surface area contributed by atoms with Crippen molar-refractivity contribution in [2.75, 3.05) is 5.73 Å². The van der Waals surface area contributed by atoms with Crippen molar-refractivity contribution in [3.63, 3.8) is 0 Å².